The van der Waals surface area contributed by atoms with Gasteiger partial charge in [-0.2, -0.15) is 0 Å². The SMILES string of the molecule is COc1ccnc(C(=O)N[C@H]2COC[C@H](CC3CCCC3)[C@@H](OCC(C)C)[C@H](C)OC2=O)c1OCOC(C)=O. The maximum atomic E-state index is 13.2. The Bertz CT molecular complexity index is 964. The number of cyclic esters (lactones) is 1. The van der Waals surface area contributed by atoms with E-state index in [1.165, 1.54) is 52.0 Å². The minimum Gasteiger partial charge on any atom is -0.493 e. The number of carbonyl (C=O) groups is 3. The molecule has 1 amide bonds. The van der Waals surface area contributed by atoms with Gasteiger partial charge < -0.3 is 33.7 Å². The maximum Gasteiger partial charge on any atom is 0.331 e. The topological polar surface area (TPSA) is 132 Å². The van der Waals surface area contributed by atoms with E-state index in [4.69, 9.17) is 28.4 Å². The first-order valence-electron chi connectivity index (χ1n) is 13.7. The third-order valence-corrected chi connectivity index (χ3v) is 6.94. The number of methoxy groups -OCH3 is 1. The first kappa shape index (κ1) is 30.6. The number of hydrogen-bond donors (Lipinski definition) is 1. The molecule has 0 radical (unpaired) electrons. The highest BCUT2D eigenvalue weighted by Crippen LogP contribution is 2.34. The smallest absolute Gasteiger partial charge is 0.331 e. The van der Waals surface area contributed by atoms with Gasteiger partial charge in [-0.1, -0.05) is 39.5 Å². The molecule has 0 unspecified atom stereocenters. The summed E-state index contributed by atoms with van der Waals surface area (Å²) in [4.78, 5) is 41.7. The predicted octanol–water partition coefficient (Wildman–Crippen LogP) is 3.29. The fraction of sp³-hybridized carbons (Fsp3) is 0.714. The van der Waals surface area contributed by atoms with E-state index >= 15 is 0 Å². The third-order valence-electron chi connectivity index (χ3n) is 6.94. The molecule has 1 aliphatic carbocycles. The lowest BCUT2D eigenvalue weighted by Crippen LogP contribution is -2.46. The summed E-state index contributed by atoms with van der Waals surface area (Å²) < 4.78 is 33.7. The number of rotatable bonds is 11. The fourth-order valence-corrected chi connectivity index (χ4v) is 5.06. The Labute approximate surface area is 230 Å². The monoisotopic (exact) mass is 550 g/mol. The minimum atomic E-state index is -1.08. The van der Waals surface area contributed by atoms with Crippen LogP contribution in [0.15, 0.2) is 12.3 Å². The third kappa shape index (κ3) is 9.06. The van der Waals surface area contributed by atoms with Crippen LogP contribution in [0.4, 0.5) is 0 Å². The molecule has 1 aromatic heterocycles. The molecule has 1 saturated carbocycles. The van der Waals surface area contributed by atoms with Crippen molar-refractivity contribution < 1.29 is 42.8 Å². The number of nitrogens with one attached hydrogen (secondary N) is 1. The van der Waals surface area contributed by atoms with E-state index in [-0.39, 0.29) is 35.8 Å². The summed E-state index contributed by atoms with van der Waals surface area (Å²) in [5.74, 6) is -0.691. The van der Waals surface area contributed by atoms with Crippen molar-refractivity contribution >= 4 is 17.8 Å². The summed E-state index contributed by atoms with van der Waals surface area (Å²) in [6.45, 7) is 7.66. The van der Waals surface area contributed by atoms with E-state index in [9.17, 15) is 14.4 Å². The lowest BCUT2D eigenvalue weighted by Gasteiger charge is -2.32. The van der Waals surface area contributed by atoms with Gasteiger partial charge in [-0.25, -0.2) is 9.78 Å². The normalized spacial score (nSPS) is 24.3. The lowest BCUT2D eigenvalue weighted by atomic mass is 9.87. The molecule has 11 heteroatoms. The van der Waals surface area contributed by atoms with Gasteiger partial charge in [0.1, 0.15) is 6.10 Å². The Kier molecular flexibility index (Phi) is 11.8. The van der Waals surface area contributed by atoms with Crippen molar-refractivity contribution in [1.29, 1.82) is 0 Å². The quantitative estimate of drug-likeness (QED) is 0.323. The van der Waals surface area contributed by atoms with Crippen LogP contribution in [-0.2, 0) is 28.5 Å². The Morgan fingerprint density at radius 1 is 1.21 bits per heavy atom. The number of pyridine rings is 1. The van der Waals surface area contributed by atoms with Crippen molar-refractivity contribution in [3.63, 3.8) is 0 Å². The van der Waals surface area contributed by atoms with E-state index in [0.29, 0.717) is 25.0 Å². The number of ether oxygens (including phenoxy) is 6. The molecule has 0 aromatic carbocycles. The number of nitrogens with zero attached hydrogens (tertiary/aromatic N) is 1. The summed E-state index contributed by atoms with van der Waals surface area (Å²) in [6, 6.07) is 0.422. The zero-order valence-electron chi connectivity index (χ0n) is 23.6. The molecular formula is C28H42N2O9. The van der Waals surface area contributed by atoms with Crippen LogP contribution in [0.3, 0.4) is 0 Å². The molecule has 1 N–H and O–H groups in total. The van der Waals surface area contributed by atoms with Crippen LogP contribution in [0.1, 0.15) is 70.3 Å². The Morgan fingerprint density at radius 3 is 2.62 bits per heavy atom. The first-order chi connectivity index (χ1) is 18.7. The molecule has 3 rings (SSSR count). The Balaban J connectivity index is 1.75. The number of amides is 1. The van der Waals surface area contributed by atoms with Gasteiger partial charge in [-0.15, -0.1) is 0 Å². The molecular weight excluding hydrogens is 508 g/mol. The van der Waals surface area contributed by atoms with Gasteiger partial charge in [0.2, 0.25) is 6.79 Å². The molecule has 218 valence electrons. The number of aromatic nitrogens is 1. The van der Waals surface area contributed by atoms with Crippen LogP contribution in [0.5, 0.6) is 11.5 Å². The van der Waals surface area contributed by atoms with Crippen molar-refractivity contribution in [2.75, 3.05) is 33.7 Å². The maximum absolute atomic E-state index is 13.2. The first-order valence-corrected chi connectivity index (χ1v) is 13.7. The summed E-state index contributed by atoms with van der Waals surface area (Å²) >= 11 is 0. The molecule has 2 heterocycles. The van der Waals surface area contributed by atoms with Crippen LogP contribution in [0.2, 0.25) is 0 Å². The van der Waals surface area contributed by atoms with E-state index in [2.05, 4.69) is 24.1 Å². The van der Waals surface area contributed by atoms with Gasteiger partial charge in [0, 0.05) is 31.7 Å². The molecule has 11 nitrogen and oxygen atoms in total. The molecule has 0 spiro atoms. The largest absolute Gasteiger partial charge is 0.493 e. The van der Waals surface area contributed by atoms with Crippen LogP contribution < -0.4 is 14.8 Å². The number of hydrogen-bond acceptors (Lipinski definition) is 10. The van der Waals surface area contributed by atoms with Crippen LogP contribution in [0, 0.1) is 17.8 Å². The van der Waals surface area contributed by atoms with Gasteiger partial charge in [0.05, 0.1) is 26.4 Å². The summed E-state index contributed by atoms with van der Waals surface area (Å²) in [7, 11) is 1.40. The van der Waals surface area contributed by atoms with E-state index in [0.717, 1.165) is 6.42 Å². The molecule has 1 saturated heterocycles. The van der Waals surface area contributed by atoms with E-state index in [1.54, 1.807) is 0 Å². The number of esters is 2. The second-order valence-electron chi connectivity index (χ2n) is 10.6. The predicted molar refractivity (Wildman–Crippen MR) is 140 cm³/mol. The standard InChI is InChI=1S/C28H42N2O9/c1-17(2)13-36-25-18(3)39-28(33)22(15-35-14-21(25)12-20-8-6-7-9-20)30-27(32)24-26(38-16-37-19(4)31)23(34-5)10-11-29-24/h10-11,17-18,20-22,25H,6-9,12-16H2,1-5H3,(H,30,32)/t18-,21-,22-,25-/m0/s1. The van der Waals surface area contributed by atoms with Crippen molar-refractivity contribution in [2.45, 2.75) is 78.0 Å². The van der Waals surface area contributed by atoms with Gasteiger partial charge in [-0.3, -0.25) is 9.59 Å². The zero-order valence-corrected chi connectivity index (χ0v) is 23.6. The molecule has 4 atom stereocenters. The molecule has 1 aliphatic heterocycles. The second-order valence-corrected chi connectivity index (χ2v) is 10.6. The average Bonchev–Trinajstić information content (AvgIpc) is 3.41. The summed E-state index contributed by atoms with van der Waals surface area (Å²) in [6.07, 6.45) is 6.33. The van der Waals surface area contributed by atoms with Gasteiger partial charge in [-0.05, 0) is 25.2 Å². The average molecular weight is 551 g/mol. The van der Waals surface area contributed by atoms with Crippen molar-refractivity contribution in [1.82, 2.24) is 10.3 Å². The Hall–Kier alpha value is -2.92. The molecule has 2 fully saturated rings. The van der Waals surface area contributed by atoms with Gasteiger partial charge in [0.15, 0.2) is 23.2 Å². The van der Waals surface area contributed by atoms with Crippen LogP contribution >= 0.6 is 0 Å². The molecule has 1 aromatic rings. The summed E-state index contributed by atoms with van der Waals surface area (Å²) in [5.41, 5.74) is -0.139. The number of carbonyl (C=O) groups excluding carboxylic acids is 3. The van der Waals surface area contributed by atoms with Crippen LogP contribution in [-0.4, -0.2) is 74.8 Å². The van der Waals surface area contributed by atoms with Crippen LogP contribution in [0.25, 0.3) is 0 Å². The Morgan fingerprint density at radius 2 is 1.95 bits per heavy atom. The summed E-state index contributed by atoms with van der Waals surface area (Å²) in [5, 5.41) is 2.66. The molecule has 2 aliphatic rings. The van der Waals surface area contributed by atoms with Crippen molar-refractivity contribution in [3.05, 3.63) is 18.0 Å². The molecule has 0 bridgehead atoms. The zero-order chi connectivity index (χ0) is 28.4. The van der Waals surface area contributed by atoms with E-state index in [1.807, 2.05) is 6.92 Å². The van der Waals surface area contributed by atoms with E-state index < -0.39 is 36.8 Å². The van der Waals surface area contributed by atoms with Crippen molar-refractivity contribution in [2.24, 2.45) is 17.8 Å². The minimum absolute atomic E-state index is 0.0248. The fourth-order valence-electron chi connectivity index (χ4n) is 5.06. The lowest BCUT2D eigenvalue weighted by molar-refractivity contribution is -0.161. The van der Waals surface area contributed by atoms with Crippen molar-refractivity contribution in [3.8, 4) is 11.5 Å². The van der Waals surface area contributed by atoms with Gasteiger partial charge in [0.25, 0.3) is 5.91 Å². The highest BCUT2D eigenvalue weighted by molar-refractivity contribution is 5.98. The van der Waals surface area contributed by atoms with Gasteiger partial charge >= 0.3 is 11.9 Å². The highest BCUT2D eigenvalue weighted by atomic mass is 16.7. The molecule has 39 heavy (non-hydrogen) atoms. The second kappa shape index (κ2) is 15.0. The highest BCUT2D eigenvalue weighted by Gasteiger charge is 2.37.